The molecular weight excluding hydrogens is 100 g/mol. The molecule has 0 aliphatic rings. The molecule has 0 amide bonds. The van der Waals surface area contributed by atoms with E-state index in [4.69, 9.17) is 0 Å². The minimum absolute atomic E-state index is 0.103. The van der Waals surface area contributed by atoms with E-state index in [2.05, 4.69) is 0 Å². The lowest BCUT2D eigenvalue weighted by Crippen LogP contribution is -1.85. The molecular formula is C7H11O. The SMILES string of the molecule is CC(=O)[CH]C=C(C)C. The minimum atomic E-state index is 0.103. The Balaban J connectivity index is 3.45. The van der Waals surface area contributed by atoms with Gasteiger partial charge in [0.05, 0.1) is 0 Å². The predicted octanol–water partition coefficient (Wildman–Crippen LogP) is 1.75. The van der Waals surface area contributed by atoms with Crippen LogP contribution in [-0.2, 0) is 4.79 Å². The topological polar surface area (TPSA) is 17.1 Å². The maximum atomic E-state index is 10.2. The molecule has 0 rings (SSSR count). The molecule has 0 heterocycles. The van der Waals surface area contributed by atoms with Gasteiger partial charge in [0, 0.05) is 6.42 Å². The van der Waals surface area contributed by atoms with E-state index in [9.17, 15) is 4.79 Å². The number of carbonyl (C=O) groups is 1. The van der Waals surface area contributed by atoms with Crippen molar-refractivity contribution >= 4 is 5.78 Å². The van der Waals surface area contributed by atoms with Crippen molar-refractivity contribution in [1.82, 2.24) is 0 Å². The lowest BCUT2D eigenvalue weighted by molar-refractivity contribution is -0.113. The Labute approximate surface area is 50.4 Å². The molecule has 0 fully saturated rings. The molecule has 0 unspecified atom stereocenters. The molecule has 1 nitrogen and oxygen atoms in total. The van der Waals surface area contributed by atoms with E-state index in [1.165, 1.54) is 0 Å². The lowest BCUT2D eigenvalue weighted by Gasteiger charge is -1.84. The highest BCUT2D eigenvalue weighted by Gasteiger charge is 1.85. The van der Waals surface area contributed by atoms with Gasteiger partial charge in [0.2, 0.25) is 0 Å². The first-order chi connectivity index (χ1) is 3.63. The van der Waals surface area contributed by atoms with Gasteiger partial charge in [-0.2, -0.15) is 0 Å². The summed E-state index contributed by atoms with van der Waals surface area (Å²) in [7, 11) is 0. The second kappa shape index (κ2) is 3.42. The smallest absolute Gasteiger partial charge is 0.137 e. The van der Waals surface area contributed by atoms with Gasteiger partial charge >= 0.3 is 0 Å². The van der Waals surface area contributed by atoms with Crippen LogP contribution in [0.25, 0.3) is 0 Å². The van der Waals surface area contributed by atoms with Crippen molar-refractivity contribution in [2.24, 2.45) is 0 Å². The number of carbonyl (C=O) groups excluding carboxylic acids is 1. The zero-order chi connectivity index (χ0) is 6.57. The fourth-order valence-electron chi connectivity index (χ4n) is 0.284. The van der Waals surface area contributed by atoms with Gasteiger partial charge in [-0.15, -0.1) is 0 Å². The average Bonchev–Trinajstić information content (AvgIpc) is 1.61. The van der Waals surface area contributed by atoms with E-state index >= 15 is 0 Å². The van der Waals surface area contributed by atoms with Crippen LogP contribution in [0, 0.1) is 6.42 Å². The Morgan fingerprint density at radius 1 is 1.25 bits per heavy atom. The summed E-state index contributed by atoms with van der Waals surface area (Å²) in [5, 5.41) is 0. The van der Waals surface area contributed by atoms with Gasteiger partial charge in [0.25, 0.3) is 0 Å². The van der Waals surface area contributed by atoms with E-state index in [-0.39, 0.29) is 5.78 Å². The van der Waals surface area contributed by atoms with Crippen LogP contribution in [0.15, 0.2) is 11.6 Å². The first-order valence-corrected chi connectivity index (χ1v) is 2.61. The summed E-state index contributed by atoms with van der Waals surface area (Å²) >= 11 is 0. The van der Waals surface area contributed by atoms with E-state index in [0.29, 0.717) is 0 Å². The standard InChI is InChI=1S/C7H11O/c1-6(2)4-5-7(3)8/h4-5H,1-3H3. The third-order valence-electron chi connectivity index (χ3n) is 0.651. The highest BCUT2D eigenvalue weighted by Crippen LogP contribution is 1.90. The van der Waals surface area contributed by atoms with Crippen LogP contribution < -0.4 is 0 Å². The molecule has 0 aromatic rings. The Kier molecular flexibility index (Phi) is 3.16. The molecule has 0 saturated heterocycles. The fourth-order valence-corrected chi connectivity index (χ4v) is 0.284. The Bertz CT molecular complexity index is 108. The number of hydrogen-bond donors (Lipinski definition) is 0. The van der Waals surface area contributed by atoms with E-state index in [1.807, 2.05) is 19.9 Å². The second-order valence-electron chi connectivity index (χ2n) is 2.02. The maximum Gasteiger partial charge on any atom is 0.137 e. The summed E-state index contributed by atoms with van der Waals surface area (Å²) < 4.78 is 0. The van der Waals surface area contributed by atoms with Crippen molar-refractivity contribution in [3.63, 3.8) is 0 Å². The molecule has 45 valence electrons. The fraction of sp³-hybridized carbons (Fsp3) is 0.429. The summed E-state index contributed by atoms with van der Waals surface area (Å²) in [6.45, 7) is 5.46. The molecule has 0 aliphatic carbocycles. The zero-order valence-electron chi connectivity index (χ0n) is 5.56. The molecule has 0 aliphatic heterocycles. The van der Waals surface area contributed by atoms with Gasteiger partial charge in [-0.25, -0.2) is 0 Å². The molecule has 0 N–H and O–H groups in total. The molecule has 8 heavy (non-hydrogen) atoms. The third kappa shape index (κ3) is 5.41. The number of Topliss-reactive ketones (excluding diaryl/α,β-unsaturated/α-hetero) is 1. The number of hydrogen-bond acceptors (Lipinski definition) is 1. The van der Waals surface area contributed by atoms with Crippen molar-refractivity contribution in [1.29, 1.82) is 0 Å². The molecule has 1 heteroatoms. The summed E-state index contributed by atoms with van der Waals surface area (Å²) in [4.78, 5) is 10.2. The molecule has 0 spiro atoms. The van der Waals surface area contributed by atoms with E-state index < -0.39 is 0 Å². The van der Waals surface area contributed by atoms with Crippen LogP contribution in [0.3, 0.4) is 0 Å². The van der Waals surface area contributed by atoms with Crippen LogP contribution in [0.1, 0.15) is 20.8 Å². The van der Waals surface area contributed by atoms with Crippen LogP contribution >= 0.6 is 0 Å². The molecule has 0 aromatic carbocycles. The Hall–Kier alpha value is -0.590. The van der Waals surface area contributed by atoms with Crippen LogP contribution in [-0.4, -0.2) is 5.78 Å². The van der Waals surface area contributed by atoms with Gasteiger partial charge in [0.15, 0.2) is 0 Å². The summed E-state index contributed by atoms with van der Waals surface area (Å²) in [5.74, 6) is 0.103. The van der Waals surface area contributed by atoms with Gasteiger partial charge in [0.1, 0.15) is 5.78 Å². The normalized spacial score (nSPS) is 8.38. The van der Waals surface area contributed by atoms with Crippen LogP contribution in [0.5, 0.6) is 0 Å². The molecule has 0 aromatic heterocycles. The first-order valence-electron chi connectivity index (χ1n) is 2.61. The largest absolute Gasteiger partial charge is 0.299 e. The molecule has 0 saturated carbocycles. The molecule has 0 bridgehead atoms. The average molecular weight is 111 g/mol. The summed E-state index contributed by atoms with van der Waals surface area (Å²) in [6, 6.07) is 0. The maximum absolute atomic E-state index is 10.2. The van der Waals surface area contributed by atoms with Crippen LogP contribution in [0.2, 0.25) is 0 Å². The number of rotatable bonds is 2. The van der Waals surface area contributed by atoms with Gasteiger partial charge in [-0.1, -0.05) is 11.6 Å². The Morgan fingerprint density at radius 2 is 1.75 bits per heavy atom. The predicted molar refractivity (Wildman–Crippen MR) is 34.4 cm³/mol. The molecule has 1 radical (unpaired) electrons. The Morgan fingerprint density at radius 3 is 1.88 bits per heavy atom. The van der Waals surface area contributed by atoms with Gasteiger partial charge in [-0.3, -0.25) is 4.79 Å². The van der Waals surface area contributed by atoms with Crippen molar-refractivity contribution in [3.8, 4) is 0 Å². The highest BCUT2D eigenvalue weighted by molar-refractivity contribution is 5.86. The number of allylic oxidation sites excluding steroid dienone is 2. The van der Waals surface area contributed by atoms with Crippen LogP contribution in [0.4, 0.5) is 0 Å². The minimum Gasteiger partial charge on any atom is -0.299 e. The molecule has 0 atom stereocenters. The van der Waals surface area contributed by atoms with Crippen molar-refractivity contribution in [3.05, 3.63) is 18.1 Å². The van der Waals surface area contributed by atoms with E-state index in [1.54, 1.807) is 13.3 Å². The summed E-state index contributed by atoms with van der Waals surface area (Å²) in [5.41, 5.74) is 1.15. The second-order valence-corrected chi connectivity index (χ2v) is 2.02. The van der Waals surface area contributed by atoms with Gasteiger partial charge < -0.3 is 0 Å². The quantitative estimate of drug-likeness (QED) is 0.530. The van der Waals surface area contributed by atoms with E-state index in [0.717, 1.165) is 5.57 Å². The van der Waals surface area contributed by atoms with Gasteiger partial charge in [-0.05, 0) is 20.8 Å². The summed E-state index contributed by atoms with van der Waals surface area (Å²) in [6.07, 6.45) is 3.37. The van der Waals surface area contributed by atoms with Crippen molar-refractivity contribution in [2.45, 2.75) is 20.8 Å². The van der Waals surface area contributed by atoms with Crippen molar-refractivity contribution < 1.29 is 4.79 Å². The monoisotopic (exact) mass is 111 g/mol. The highest BCUT2D eigenvalue weighted by atomic mass is 16.1. The zero-order valence-corrected chi connectivity index (χ0v) is 5.56. The third-order valence-corrected chi connectivity index (χ3v) is 0.651. The number of ketones is 1. The first kappa shape index (κ1) is 7.41. The van der Waals surface area contributed by atoms with Crippen molar-refractivity contribution in [2.75, 3.05) is 0 Å². The lowest BCUT2D eigenvalue weighted by atomic mass is 10.2.